The highest BCUT2D eigenvalue weighted by atomic mass is 15.5. The average molecular weight is 209 g/mol. The molecule has 1 atom stereocenters. The van der Waals surface area contributed by atoms with E-state index >= 15 is 0 Å². The lowest BCUT2D eigenvalue weighted by molar-refractivity contribution is 0.197. The summed E-state index contributed by atoms with van der Waals surface area (Å²) in [6, 6.07) is 0.604. The number of nitrogens with one attached hydrogen (secondary N) is 2. The molecule has 84 valence electrons. The van der Waals surface area contributed by atoms with Crippen LogP contribution in [0.3, 0.4) is 0 Å². The Labute approximate surface area is 90.0 Å². The van der Waals surface area contributed by atoms with Crippen molar-refractivity contribution in [2.24, 2.45) is 5.41 Å². The SMILES string of the molecule is CC1(C)CCCC(NCc2nn[nH]n2)C1. The molecule has 1 aromatic rings. The van der Waals surface area contributed by atoms with Crippen molar-refractivity contribution in [3.8, 4) is 0 Å². The molecule has 0 aromatic carbocycles. The van der Waals surface area contributed by atoms with Crippen LogP contribution in [0.5, 0.6) is 0 Å². The third-order valence-electron chi connectivity index (χ3n) is 3.14. The van der Waals surface area contributed by atoms with E-state index in [1.165, 1.54) is 25.7 Å². The van der Waals surface area contributed by atoms with Crippen LogP contribution in [0.1, 0.15) is 45.4 Å². The first-order valence-electron chi connectivity index (χ1n) is 5.61. The second-order valence-electron chi connectivity index (χ2n) is 5.17. The van der Waals surface area contributed by atoms with Crippen molar-refractivity contribution >= 4 is 0 Å². The second kappa shape index (κ2) is 4.26. The molecular weight excluding hydrogens is 190 g/mol. The van der Waals surface area contributed by atoms with Crippen LogP contribution in [0, 0.1) is 5.41 Å². The van der Waals surface area contributed by atoms with Crippen molar-refractivity contribution < 1.29 is 0 Å². The molecule has 15 heavy (non-hydrogen) atoms. The minimum absolute atomic E-state index is 0.479. The summed E-state index contributed by atoms with van der Waals surface area (Å²) < 4.78 is 0. The summed E-state index contributed by atoms with van der Waals surface area (Å²) in [4.78, 5) is 0. The maximum absolute atomic E-state index is 3.93. The van der Waals surface area contributed by atoms with Crippen LogP contribution in [0.2, 0.25) is 0 Å². The number of nitrogens with zero attached hydrogens (tertiary/aromatic N) is 3. The van der Waals surface area contributed by atoms with E-state index in [9.17, 15) is 0 Å². The first kappa shape index (κ1) is 10.5. The maximum atomic E-state index is 3.93. The second-order valence-corrected chi connectivity index (χ2v) is 5.17. The van der Waals surface area contributed by atoms with Crippen molar-refractivity contribution in [2.45, 2.75) is 52.1 Å². The number of aromatic nitrogens is 4. The quantitative estimate of drug-likeness (QED) is 0.786. The van der Waals surface area contributed by atoms with Crippen molar-refractivity contribution in [2.75, 3.05) is 0 Å². The van der Waals surface area contributed by atoms with Gasteiger partial charge >= 0.3 is 0 Å². The minimum Gasteiger partial charge on any atom is -0.307 e. The summed E-state index contributed by atoms with van der Waals surface area (Å²) in [5.74, 6) is 0.748. The largest absolute Gasteiger partial charge is 0.307 e. The first-order valence-corrected chi connectivity index (χ1v) is 5.61. The molecule has 0 bridgehead atoms. The summed E-state index contributed by atoms with van der Waals surface area (Å²) in [5.41, 5.74) is 0.479. The highest BCUT2D eigenvalue weighted by molar-refractivity contribution is 4.85. The van der Waals surface area contributed by atoms with Crippen LogP contribution in [-0.2, 0) is 6.54 Å². The Morgan fingerprint density at radius 3 is 3.07 bits per heavy atom. The van der Waals surface area contributed by atoms with Gasteiger partial charge in [-0.15, -0.1) is 10.2 Å². The van der Waals surface area contributed by atoms with Crippen LogP contribution < -0.4 is 5.32 Å². The Kier molecular flexibility index (Phi) is 3.00. The fraction of sp³-hybridized carbons (Fsp3) is 0.900. The summed E-state index contributed by atoms with van der Waals surface area (Å²) in [5, 5.41) is 17.4. The summed E-state index contributed by atoms with van der Waals surface area (Å²) in [6.45, 7) is 5.40. The molecular formula is C10H19N5. The third kappa shape index (κ3) is 2.99. The Morgan fingerprint density at radius 2 is 2.40 bits per heavy atom. The van der Waals surface area contributed by atoms with Crippen LogP contribution in [0.4, 0.5) is 0 Å². The van der Waals surface area contributed by atoms with Gasteiger partial charge in [0.25, 0.3) is 0 Å². The molecule has 0 saturated heterocycles. The molecule has 0 spiro atoms. The normalized spacial score (nSPS) is 25.3. The number of rotatable bonds is 3. The van der Waals surface area contributed by atoms with E-state index in [0.717, 1.165) is 12.4 Å². The lowest BCUT2D eigenvalue weighted by Crippen LogP contribution is -2.37. The van der Waals surface area contributed by atoms with Gasteiger partial charge in [0, 0.05) is 6.04 Å². The number of H-pyrrole nitrogens is 1. The van der Waals surface area contributed by atoms with Gasteiger partial charge in [0.2, 0.25) is 0 Å². The van der Waals surface area contributed by atoms with Gasteiger partial charge in [0.15, 0.2) is 5.82 Å². The maximum Gasteiger partial charge on any atom is 0.188 e. The van der Waals surface area contributed by atoms with Gasteiger partial charge < -0.3 is 5.32 Å². The summed E-state index contributed by atoms with van der Waals surface area (Å²) >= 11 is 0. The molecule has 0 aliphatic heterocycles. The van der Waals surface area contributed by atoms with E-state index in [1.807, 2.05) is 0 Å². The molecule has 1 aliphatic rings. The zero-order valence-corrected chi connectivity index (χ0v) is 9.45. The van der Waals surface area contributed by atoms with Crippen molar-refractivity contribution in [1.29, 1.82) is 0 Å². The third-order valence-corrected chi connectivity index (χ3v) is 3.14. The zero-order valence-electron chi connectivity index (χ0n) is 9.45. The van der Waals surface area contributed by atoms with Gasteiger partial charge in [0.1, 0.15) is 0 Å². The number of hydrogen-bond acceptors (Lipinski definition) is 4. The smallest absolute Gasteiger partial charge is 0.188 e. The van der Waals surface area contributed by atoms with E-state index in [0.29, 0.717) is 11.5 Å². The molecule has 1 unspecified atom stereocenters. The van der Waals surface area contributed by atoms with Crippen LogP contribution >= 0.6 is 0 Å². The predicted octanol–water partition coefficient (Wildman–Crippen LogP) is 1.26. The van der Waals surface area contributed by atoms with Crippen LogP contribution in [0.15, 0.2) is 0 Å². The van der Waals surface area contributed by atoms with Gasteiger partial charge in [-0.1, -0.05) is 25.5 Å². The molecule has 1 aromatic heterocycles. The van der Waals surface area contributed by atoms with E-state index in [-0.39, 0.29) is 0 Å². The zero-order chi connectivity index (χ0) is 10.7. The van der Waals surface area contributed by atoms with Crippen molar-refractivity contribution in [1.82, 2.24) is 25.9 Å². The molecule has 1 heterocycles. The Morgan fingerprint density at radius 1 is 1.53 bits per heavy atom. The van der Waals surface area contributed by atoms with Gasteiger partial charge in [-0.25, -0.2) is 0 Å². The van der Waals surface area contributed by atoms with Crippen LogP contribution in [-0.4, -0.2) is 26.7 Å². The predicted molar refractivity (Wildman–Crippen MR) is 57.1 cm³/mol. The number of hydrogen-bond donors (Lipinski definition) is 2. The average Bonchev–Trinajstić information content (AvgIpc) is 2.65. The van der Waals surface area contributed by atoms with E-state index in [4.69, 9.17) is 0 Å². The number of tetrazole rings is 1. The Balaban J connectivity index is 1.80. The molecule has 2 rings (SSSR count). The lowest BCUT2D eigenvalue weighted by atomic mass is 9.75. The van der Waals surface area contributed by atoms with Gasteiger partial charge in [-0.2, -0.15) is 5.21 Å². The molecule has 2 N–H and O–H groups in total. The fourth-order valence-electron chi connectivity index (χ4n) is 2.37. The molecule has 0 radical (unpaired) electrons. The lowest BCUT2D eigenvalue weighted by Gasteiger charge is -2.35. The molecule has 1 aliphatic carbocycles. The first-order chi connectivity index (χ1) is 7.16. The monoisotopic (exact) mass is 209 g/mol. The molecule has 1 fully saturated rings. The van der Waals surface area contributed by atoms with Gasteiger partial charge in [-0.05, 0) is 24.7 Å². The topological polar surface area (TPSA) is 66.5 Å². The Bertz CT molecular complexity index is 293. The fourth-order valence-corrected chi connectivity index (χ4v) is 2.37. The summed E-state index contributed by atoms with van der Waals surface area (Å²) in [7, 11) is 0. The van der Waals surface area contributed by atoms with E-state index < -0.39 is 0 Å². The van der Waals surface area contributed by atoms with Gasteiger partial charge in [0.05, 0.1) is 6.54 Å². The Hall–Kier alpha value is -0.970. The van der Waals surface area contributed by atoms with Crippen LogP contribution in [0.25, 0.3) is 0 Å². The molecule has 5 nitrogen and oxygen atoms in total. The summed E-state index contributed by atoms with van der Waals surface area (Å²) in [6.07, 6.45) is 5.16. The van der Waals surface area contributed by atoms with Crippen molar-refractivity contribution in [3.63, 3.8) is 0 Å². The highest BCUT2D eigenvalue weighted by Gasteiger charge is 2.27. The molecule has 1 saturated carbocycles. The van der Waals surface area contributed by atoms with Crippen molar-refractivity contribution in [3.05, 3.63) is 5.82 Å². The van der Waals surface area contributed by atoms with Gasteiger partial charge in [-0.3, -0.25) is 0 Å². The number of aromatic amines is 1. The highest BCUT2D eigenvalue weighted by Crippen LogP contribution is 2.35. The molecule has 0 amide bonds. The standard InChI is InChI=1S/C10H19N5/c1-10(2)5-3-4-8(6-10)11-7-9-12-14-15-13-9/h8,11H,3-7H2,1-2H3,(H,12,13,14,15). The van der Waals surface area contributed by atoms with E-state index in [2.05, 4.69) is 39.8 Å². The van der Waals surface area contributed by atoms with E-state index in [1.54, 1.807) is 0 Å². The minimum atomic E-state index is 0.479. The molecule has 5 heteroatoms.